The lowest BCUT2D eigenvalue weighted by Gasteiger charge is -2.29. The molecule has 140 valence electrons. The molecule has 1 heterocycles. The van der Waals surface area contributed by atoms with Crippen LogP contribution in [0.3, 0.4) is 0 Å². The van der Waals surface area contributed by atoms with Crippen LogP contribution in [0.2, 0.25) is 0 Å². The SMILES string of the molecule is CCCCNC(=O)[C@H]1CNC[C@@H](COc2cccc(C(F)(F)F)c2)C1. The van der Waals surface area contributed by atoms with E-state index in [2.05, 4.69) is 17.6 Å². The zero-order valence-corrected chi connectivity index (χ0v) is 14.4. The first-order valence-corrected chi connectivity index (χ1v) is 8.68. The van der Waals surface area contributed by atoms with E-state index in [9.17, 15) is 18.0 Å². The van der Waals surface area contributed by atoms with Crippen LogP contribution >= 0.6 is 0 Å². The zero-order valence-electron chi connectivity index (χ0n) is 14.4. The summed E-state index contributed by atoms with van der Waals surface area (Å²) in [5, 5.41) is 6.13. The molecule has 2 rings (SSSR count). The summed E-state index contributed by atoms with van der Waals surface area (Å²) in [5.74, 6) is 0.194. The van der Waals surface area contributed by atoms with Crippen molar-refractivity contribution >= 4 is 5.91 Å². The lowest BCUT2D eigenvalue weighted by molar-refractivity contribution is -0.137. The monoisotopic (exact) mass is 358 g/mol. The molecule has 0 spiro atoms. The van der Waals surface area contributed by atoms with Crippen LogP contribution in [0.5, 0.6) is 5.75 Å². The maximum Gasteiger partial charge on any atom is 0.416 e. The van der Waals surface area contributed by atoms with Gasteiger partial charge >= 0.3 is 6.18 Å². The van der Waals surface area contributed by atoms with Crippen molar-refractivity contribution in [2.75, 3.05) is 26.2 Å². The number of hydrogen-bond acceptors (Lipinski definition) is 3. The third-order valence-electron chi connectivity index (χ3n) is 4.29. The highest BCUT2D eigenvalue weighted by atomic mass is 19.4. The quantitative estimate of drug-likeness (QED) is 0.736. The fraction of sp³-hybridized carbons (Fsp3) is 0.611. The first kappa shape index (κ1) is 19.6. The highest BCUT2D eigenvalue weighted by Gasteiger charge is 2.31. The average Bonchev–Trinajstić information content (AvgIpc) is 2.60. The van der Waals surface area contributed by atoms with Crippen LogP contribution in [0.25, 0.3) is 0 Å². The average molecular weight is 358 g/mol. The molecule has 1 aromatic carbocycles. The van der Waals surface area contributed by atoms with Gasteiger partial charge in [-0.25, -0.2) is 0 Å². The standard InChI is InChI=1S/C18H25F3N2O2/c1-2-3-7-23-17(24)14-8-13(10-22-11-14)12-25-16-6-4-5-15(9-16)18(19,20)21/h4-6,9,13-14,22H,2-3,7-8,10-12H2,1H3,(H,23,24)/t13-,14+/m0/s1. The molecule has 2 N–H and O–H groups in total. The Morgan fingerprint density at radius 2 is 2.16 bits per heavy atom. The number of ether oxygens (including phenoxy) is 1. The maximum atomic E-state index is 12.7. The molecule has 2 atom stereocenters. The Labute approximate surface area is 146 Å². The molecule has 0 saturated carbocycles. The van der Waals surface area contributed by atoms with E-state index in [-0.39, 0.29) is 30.1 Å². The Kier molecular flexibility index (Phi) is 7.11. The topological polar surface area (TPSA) is 50.4 Å². The van der Waals surface area contributed by atoms with Crippen LogP contribution in [0, 0.1) is 11.8 Å². The molecule has 4 nitrogen and oxygen atoms in total. The van der Waals surface area contributed by atoms with E-state index in [1.165, 1.54) is 12.1 Å². The minimum Gasteiger partial charge on any atom is -0.493 e. The Bertz CT molecular complexity index is 563. The van der Waals surface area contributed by atoms with E-state index in [1.807, 2.05) is 0 Å². The Hall–Kier alpha value is -1.76. The Morgan fingerprint density at radius 1 is 1.36 bits per heavy atom. The van der Waals surface area contributed by atoms with Gasteiger partial charge in [-0.15, -0.1) is 0 Å². The van der Waals surface area contributed by atoms with Gasteiger partial charge in [0.25, 0.3) is 0 Å². The van der Waals surface area contributed by atoms with Crippen LogP contribution in [0.4, 0.5) is 13.2 Å². The summed E-state index contributed by atoms with van der Waals surface area (Å²) in [4.78, 5) is 12.1. The number of hydrogen-bond donors (Lipinski definition) is 2. The largest absolute Gasteiger partial charge is 0.493 e. The van der Waals surface area contributed by atoms with Gasteiger partial charge in [0.15, 0.2) is 0 Å². The molecule has 1 aliphatic heterocycles. The lowest BCUT2D eigenvalue weighted by atomic mass is 9.90. The summed E-state index contributed by atoms with van der Waals surface area (Å²) in [5.41, 5.74) is -0.722. The van der Waals surface area contributed by atoms with Gasteiger partial charge in [0.05, 0.1) is 18.1 Å². The van der Waals surface area contributed by atoms with Crippen LogP contribution in [-0.4, -0.2) is 32.1 Å². The molecule has 0 aromatic heterocycles. The van der Waals surface area contributed by atoms with Crippen molar-refractivity contribution in [2.45, 2.75) is 32.4 Å². The van der Waals surface area contributed by atoms with Gasteiger partial charge in [-0.1, -0.05) is 19.4 Å². The predicted octanol–water partition coefficient (Wildman–Crippen LogP) is 3.23. The summed E-state index contributed by atoms with van der Waals surface area (Å²) in [6.45, 7) is 4.34. The van der Waals surface area contributed by atoms with Crippen molar-refractivity contribution in [3.8, 4) is 5.75 Å². The molecule has 25 heavy (non-hydrogen) atoms. The second-order valence-electron chi connectivity index (χ2n) is 6.44. The summed E-state index contributed by atoms with van der Waals surface area (Å²) < 4.78 is 43.7. The minimum atomic E-state index is -4.38. The van der Waals surface area contributed by atoms with Crippen molar-refractivity contribution in [3.05, 3.63) is 29.8 Å². The number of unbranched alkanes of at least 4 members (excludes halogenated alkanes) is 1. The smallest absolute Gasteiger partial charge is 0.416 e. The molecule has 0 aliphatic carbocycles. The van der Waals surface area contributed by atoms with Gasteiger partial charge in [0, 0.05) is 25.6 Å². The van der Waals surface area contributed by atoms with Gasteiger partial charge in [0.1, 0.15) is 5.75 Å². The number of piperidine rings is 1. The predicted molar refractivity (Wildman–Crippen MR) is 89.3 cm³/mol. The molecule has 1 saturated heterocycles. The molecule has 0 radical (unpaired) electrons. The van der Waals surface area contributed by atoms with Crippen molar-refractivity contribution in [1.82, 2.24) is 10.6 Å². The number of rotatable bonds is 7. The molecule has 1 amide bonds. The zero-order chi connectivity index (χ0) is 18.3. The number of halogens is 3. The normalized spacial score (nSPS) is 21.0. The molecule has 1 fully saturated rings. The minimum absolute atomic E-state index is 0.0321. The number of carbonyl (C=O) groups is 1. The molecule has 0 bridgehead atoms. The third kappa shape index (κ3) is 6.23. The second-order valence-corrected chi connectivity index (χ2v) is 6.44. The van der Waals surface area contributed by atoms with E-state index in [4.69, 9.17) is 4.74 Å². The molecular formula is C18H25F3N2O2. The van der Waals surface area contributed by atoms with Crippen LogP contribution in [-0.2, 0) is 11.0 Å². The molecule has 1 aliphatic rings. The Balaban J connectivity index is 1.83. The number of benzene rings is 1. The van der Waals surface area contributed by atoms with Crippen LogP contribution < -0.4 is 15.4 Å². The summed E-state index contributed by atoms with van der Waals surface area (Å²) in [7, 11) is 0. The fourth-order valence-electron chi connectivity index (χ4n) is 2.87. The number of amides is 1. The van der Waals surface area contributed by atoms with E-state index >= 15 is 0 Å². The number of nitrogens with one attached hydrogen (secondary N) is 2. The first-order chi connectivity index (χ1) is 11.9. The van der Waals surface area contributed by atoms with Crippen molar-refractivity contribution in [2.24, 2.45) is 11.8 Å². The highest BCUT2D eigenvalue weighted by Crippen LogP contribution is 2.31. The van der Waals surface area contributed by atoms with Gasteiger partial charge in [-0.3, -0.25) is 4.79 Å². The van der Waals surface area contributed by atoms with Gasteiger partial charge in [-0.2, -0.15) is 13.2 Å². The van der Waals surface area contributed by atoms with Gasteiger partial charge in [-0.05, 0) is 31.0 Å². The van der Waals surface area contributed by atoms with Crippen molar-refractivity contribution in [3.63, 3.8) is 0 Å². The molecule has 0 unspecified atom stereocenters. The van der Waals surface area contributed by atoms with Gasteiger partial charge in [0.2, 0.25) is 5.91 Å². The highest BCUT2D eigenvalue weighted by molar-refractivity contribution is 5.78. The van der Waals surface area contributed by atoms with Crippen molar-refractivity contribution < 1.29 is 22.7 Å². The number of carbonyl (C=O) groups excluding carboxylic acids is 1. The molecular weight excluding hydrogens is 333 g/mol. The lowest BCUT2D eigenvalue weighted by Crippen LogP contribution is -2.45. The van der Waals surface area contributed by atoms with Crippen molar-refractivity contribution in [1.29, 1.82) is 0 Å². The van der Waals surface area contributed by atoms with E-state index in [0.717, 1.165) is 25.0 Å². The van der Waals surface area contributed by atoms with E-state index in [0.29, 0.717) is 26.1 Å². The van der Waals surface area contributed by atoms with E-state index in [1.54, 1.807) is 0 Å². The second kappa shape index (κ2) is 9.08. The first-order valence-electron chi connectivity index (χ1n) is 8.68. The van der Waals surface area contributed by atoms with Crippen LogP contribution in [0.1, 0.15) is 31.7 Å². The molecule has 7 heteroatoms. The van der Waals surface area contributed by atoms with Gasteiger partial charge < -0.3 is 15.4 Å². The number of alkyl halides is 3. The fourth-order valence-corrected chi connectivity index (χ4v) is 2.87. The molecule has 1 aromatic rings. The van der Waals surface area contributed by atoms with Crippen LogP contribution in [0.15, 0.2) is 24.3 Å². The summed E-state index contributed by atoms with van der Waals surface area (Å²) in [6.07, 6.45) is -1.73. The maximum absolute atomic E-state index is 12.7. The third-order valence-corrected chi connectivity index (χ3v) is 4.29. The summed E-state index contributed by atoms with van der Waals surface area (Å²) >= 11 is 0. The van der Waals surface area contributed by atoms with E-state index < -0.39 is 11.7 Å². The summed E-state index contributed by atoms with van der Waals surface area (Å²) in [6, 6.07) is 4.87. The Morgan fingerprint density at radius 3 is 2.88 bits per heavy atom.